The largest absolute Gasteiger partial charge is 0.374 e. The fourth-order valence-electron chi connectivity index (χ4n) is 3.51. The van der Waals surface area contributed by atoms with Crippen LogP contribution in [0.25, 0.3) is 0 Å². The first-order chi connectivity index (χ1) is 9.80. The van der Waals surface area contributed by atoms with E-state index in [4.69, 9.17) is 10.6 Å². The van der Waals surface area contributed by atoms with E-state index in [-0.39, 0.29) is 11.6 Å². The Hall–Kier alpha value is -0.900. The number of nitrogens with two attached hydrogens (primary N) is 1. The summed E-state index contributed by atoms with van der Waals surface area (Å²) in [6, 6.07) is 10.9. The summed E-state index contributed by atoms with van der Waals surface area (Å²) in [5.41, 5.74) is 4.41. The van der Waals surface area contributed by atoms with E-state index >= 15 is 0 Å². The van der Waals surface area contributed by atoms with Gasteiger partial charge in [-0.1, -0.05) is 43.2 Å². The summed E-state index contributed by atoms with van der Waals surface area (Å²) in [5.74, 6) is 5.82. The molecular weight excluding hydrogens is 248 g/mol. The molecule has 3 nitrogen and oxygen atoms in total. The third-order valence-corrected chi connectivity index (χ3v) is 4.52. The first-order valence-electron chi connectivity index (χ1n) is 7.95. The lowest BCUT2D eigenvalue weighted by atomic mass is 9.88. The van der Waals surface area contributed by atoms with Gasteiger partial charge in [-0.3, -0.25) is 11.3 Å². The number of hydrogen-bond acceptors (Lipinski definition) is 3. The Labute approximate surface area is 122 Å². The van der Waals surface area contributed by atoms with Crippen LogP contribution in [0, 0.1) is 0 Å². The van der Waals surface area contributed by atoms with Gasteiger partial charge in [0.2, 0.25) is 0 Å². The SMILES string of the molecule is CCOC1(C(CCCc2ccccc2)NN)CCCC1. The molecule has 0 aromatic heterocycles. The molecule has 20 heavy (non-hydrogen) atoms. The number of hydrogen-bond donors (Lipinski definition) is 2. The molecule has 0 radical (unpaired) electrons. The average molecular weight is 276 g/mol. The van der Waals surface area contributed by atoms with Crippen LogP contribution in [0.15, 0.2) is 30.3 Å². The molecule has 0 saturated heterocycles. The minimum Gasteiger partial charge on any atom is -0.374 e. The average Bonchev–Trinajstić information content (AvgIpc) is 2.95. The van der Waals surface area contributed by atoms with Gasteiger partial charge in [0.25, 0.3) is 0 Å². The second kappa shape index (κ2) is 7.77. The van der Waals surface area contributed by atoms with Gasteiger partial charge >= 0.3 is 0 Å². The first-order valence-corrected chi connectivity index (χ1v) is 7.95. The predicted octanol–water partition coefficient (Wildman–Crippen LogP) is 3.19. The van der Waals surface area contributed by atoms with Crippen molar-refractivity contribution < 1.29 is 4.74 Å². The summed E-state index contributed by atoms with van der Waals surface area (Å²) in [6.07, 6.45) is 8.14. The molecule has 0 bridgehead atoms. The van der Waals surface area contributed by atoms with Gasteiger partial charge in [-0.15, -0.1) is 0 Å². The van der Waals surface area contributed by atoms with Crippen molar-refractivity contribution in [3.05, 3.63) is 35.9 Å². The number of ether oxygens (including phenoxy) is 1. The molecule has 2 rings (SSSR count). The van der Waals surface area contributed by atoms with Crippen LogP contribution in [0.3, 0.4) is 0 Å². The zero-order valence-corrected chi connectivity index (χ0v) is 12.6. The number of nitrogens with one attached hydrogen (secondary N) is 1. The maximum absolute atomic E-state index is 6.10. The minimum absolute atomic E-state index is 0.0276. The van der Waals surface area contributed by atoms with Gasteiger partial charge in [-0.25, -0.2) is 0 Å². The molecule has 1 aromatic rings. The second-order valence-corrected chi connectivity index (χ2v) is 5.80. The molecule has 1 fully saturated rings. The zero-order valence-electron chi connectivity index (χ0n) is 12.6. The highest BCUT2D eigenvalue weighted by atomic mass is 16.5. The van der Waals surface area contributed by atoms with Crippen molar-refractivity contribution >= 4 is 0 Å². The second-order valence-electron chi connectivity index (χ2n) is 5.80. The molecule has 1 saturated carbocycles. The van der Waals surface area contributed by atoms with Crippen LogP contribution in [0.2, 0.25) is 0 Å². The summed E-state index contributed by atoms with van der Waals surface area (Å²) in [5, 5.41) is 0. The Bertz CT molecular complexity index is 374. The van der Waals surface area contributed by atoms with Crippen molar-refractivity contribution in [3.8, 4) is 0 Å². The van der Waals surface area contributed by atoms with E-state index in [1.165, 1.54) is 18.4 Å². The van der Waals surface area contributed by atoms with Crippen molar-refractivity contribution in [1.29, 1.82) is 0 Å². The predicted molar refractivity (Wildman–Crippen MR) is 83.3 cm³/mol. The molecular formula is C17H28N2O. The maximum atomic E-state index is 6.10. The molecule has 0 spiro atoms. The Morgan fingerprint density at radius 3 is 2.55 bits per heavy atom. The Kier molecular flexibility index (Phi) is 6.02. The van der Waals surface area contributed by atoms with Crippen LogP contribution in [-0.4, -0.2) is 18.2 Å². The highest BCUT2D eigenvalue weighted by Crippen LogP contribution is 2.37. The zero-order chi connectivity index (χ0) is 14.3. The van der Waals surface area contributed by atoms with Gasteiger partial charge in [0.1, 0.15) is 0 Å². The van der Waals surface area contributed by atoms with E-state index < -0.39 is 0 Å². The van der Waals surface area contributed by atoms with Gasteiger partial charge in [0.15, 0.2) is 0 Å². The smallest absolute Gasteiger partial charge is 0.0848 e. The lowest BCUT2D eigenvalue weighted by Crippen LogP contribution is -2.53. The quantitative estimate of drug-likeness (QED) is 0.566. The summed E-state index contributed by atoms with van der Waals surface area (Å²) >= 11 is 0. The minimum atomic E-state index is -0.0276. The molecule has 1 aliphatic rings. The molecule has 3 heteroatoms. The van der Waals surface area contributed by atoms with Gasteiger partial charge < -0.3 is 4.74 Å². The Morgan fingerprint density at radius 2 is 1.95 bits per heavy atom. The van der Waals surface area contributed by atoms with Crippen molar-refractivity contribution in [2.24, 2.45) is 5.84 Å². The molecule has 112 valence electrons. The van der Waals surface area contributed by atoms with Gasteiger partial charge in [-0.05, 0) is 44.6 Å². The summed E-state index contributed by atoms with van der Waals surface area (Å²) in [4.78, 5) is 0. The highest BCUT2D eigenvalue weighted by Gasteiger charge is 2.41. The maximum Gasteiger partial charge on any atom is 0.0848 e. The van der Waals surface area contributed by atoms with Gasteiger partial charge in [-0.2, -0.15) is 0 Å². The van der Waals surface area contributed by atoms with Crippen molar-refractivity contribution in [2.45, 2.75) is 63.5 Å². The Morgan fingerprint density at radius 1 is 1.25 bits per heavy atom. The first kappa shape index (κ1) is 15.5. The molecule has 1 unspecified atom stereocenters. The van der Waals surface area contributed by atoms with Crippen LogP contribution in [0.5, 0.6) is 0 Å². The number of aryl methyl sites for hydroxylation is 1. The third kappa shape index (κ3) is 3.81. The molecule has 1 aromatic carbocycles. The van der Waals surface area contributed by atoms with Crippen molar-refractivity contribution in [2.75, 3.05) is 6.61 Å². The molecule has 0 heterocycles. The summed E-state index contributed by atoms with van der Waals surface area (Å²) in [7, 11) is 0. The topological polar surface area (TPSA) is 47.3 Å². The standard InChI is InChI=1S/C17H28N2O/c1-2-20-17(13-6-7-14-17)16(19-18)12-8-11-15-9-4-3-5-10-15/h3-5,9-10,16,19H,2,6-8,11-14,18H2,1H3. The van der Waals surface area contributed by atoms with E-state index in [2.05, 4.69) is 42.7 Å². The molecule has 0 aliphatic heterocycles. The summed E-state index contributed by atoms with van der Waals surface area (Å²) < 4.78 is 6.10. The number of rotatable bonds is 8. The van der Waals surface area contributed by atoms with E-state index in [1.807, 2.05) is 0 Å². The molecule has 1 aliphatic carbocycles. The van der Waals surface area contributed by atoms with Crippen LogP contribution >= 0.6 is 0 Å². The van der Waals surface area contributed by atoms with Crippen LogP contribution in [-0.2, 0) is 11.2 Å². The van der Waals surface area contributed by atoms with Crippen LogP contribution in [0.4, 0.5) is 0 Å². The lowest BCUT2D eigenvalue weighted by Gasteiger charge is -2.37. The van der Waals surface area contributed by atoms with E-state index in [0.29, 0.717) is 0 Å². The normalized spacial score (nSPS) is 19.1. The monoisotopic (exact) mass is 276 g/mol. The molecule has 1 atom stereocenters. The summed E-state index contributed by atoms with van der Waals surface area (Å²) in [6.45, 7) is 2.86. The number of hydrazine groups is 1. The lowest BCUT2D eigenvalue weighted by molar-refractivity contribution is -0.0636. The third-order valence-electron chi connectivity index (χ3n) is 4.52. The molecule has 3 N–H and O–H groups in total. The molecule has 0 amide bonds. The van der Waals surface area contributed by atoms with Crippen LogP contribution < -0.4 is 11.3 Å². The fraction of sp³-hybridized carbons (Fsp3) is 0.647. The number of benzene rings is 1. The van der Waals surface area contributed by atoms with E-state index in [1.54, 1.807) is 0 Å². The van der Waals surface area contributed by atoms with E-state index in [0.717, 1.165) is 38.7 Å². The van der Waals surface area contributed by atoms with Gasteiger partial charge in [0, 0.05) is 6.61 Å². The van der Waals surface area contributed by atoms with Crippen molar-refractivity contribution in [1.82, 2.24) is 5.43 Å². The Balaban J connectivity index is 1.87. The van der Waals surface area contributed by atoms with E-state index in [9.17, 15) is 0 Å². The van der Waals surface area contributed by atoms with Crippen molar-refractivity contribution in [3.63, 3.8) is 0 Å². The fourth-order valence-corrected chi connectivity index (χ4v) is 3.51. The van der Waals surface area contributed by atoms with Crippen LogP contribution in [0.1, 0.15) is 51.0 Å². The highest BCUT2D eigenvalue weighted by molar-refractivity contribution is 5.14. The van der Waals surface area contributed by atoms with Gasteiger partial charge in [0.05, 0.1) is 11.6 Å².